The average molecular weight is 306 g/mol. The molecule has 3 nitrogen and oxygen atoms in total. The molecule has 0 aliphatic carbocycles. The number of nitrogens with zero attached hydrogens (tertiary/aromatic N) is 1. The van der Waals surface area contributed by atoms with Gasteiger partial charge >= 0.3 is 0 Å². The Hall–Kier alpha value is -1.04. The lowest BCUT2D eigenvalue weighted by Crippen LogP contribution is -2.45. The van der Waals surface area contributed by atoms with Gasteiger partial charge in [0.1, 0.15) is 11.9 Å². The van der Waals surface area contributed by atoms with Crippen LogP contribution >= 0.6 is 23.1 Å². The number of ether oxygens (including phenoxy) is 1. The molecule has 2 unspecified atom stereocenters. The molecule has 3 rings (SSSR count). The van der Waals surface area contributed by atoms with Crippen LogP contribution in [0.25, 0.3) is 0 Å². The van der Waals surface area contributed by atoms with E-state index in [2.05, 4.69) is 33.9 Å². The molecule has 2 aromatic rings. The Morgan fingerprint density at radius 2 is 2.30 bits per heavy atom. The third-order valence-corrected chi connectivity index (χ3v) is 5.54. The van der Waals surface area contributed by atoms with E-state index in [1.54, 1.807) is 11.3 Å². The van der Waals surface area contributed by atoms with Crippen molar-refractivity contribution in [2.45, 2.75) is 30.4 Å². The first-order valence-corrected chi connectivity index (χ1v) is 8.59. The third-order valence-electron chi connectivity index (χ3n) is 3.41. The van der Waals surface area contributed by atoms with Gasteiger partial charge in [0.05, 0.1) is 11.0 Å². The minimum Gasteiger partial charge on any atom is -0.487 e. The van der Waals surface area contributed by atoms with Gasteiger partial charge in [-0.25, -0.2) is 4.98 Å². The molecule has 0 spiro atoms. The number of nitrogens with one attached hydrogen (secondary N) is 1. The van der Waals surface area contributed by atoms with Crippen LogP contribution in [0, 0.1) is 6.92 Å². The number of aryl methyl sites for hydroxylation is 1. The zero-order chi connectivity index (χ0) is 13.9. The molecule has 1 aromatic carbocycles. The fourth-order valence-electron chi connectivity index (χ4n) is 2.34. The van der Waals surface area contributed by atoms with Gasteiger partial charge in [0, 0.05) is 28.1 Å². The molecule has 1 aliphatic rings. The molecule has 0 radical (unpaired) electrons. The van der Waals surface area contributed by atoms with Crippen molar-refractivity contribution in [2.24, 2.45) is 0 Å². The van der Waals surface area contributed by atoms with E-state index >= 15 is 0 Å². The number of thiazole rings is 1. The smallest absolute Gasteiger partial charge is 0.133 e. The molecule has 5 heteroatoms. The fraction of sp³-hybridized carbons (Fsp3) is 0.400. The maximum Gasteiger partial charge on any atom is 0.133 e. The van der Waals surface area contributed by atoms with Crippen LogP contribution in [0.5, 0.6) is 5.75 Å². The van der Waals surface area contributed by atoms with Crippen LogP contribution in [0.1, 0.15) is 10.7 Å². The second-order valence-corrected chi connectivity index (χ2v) is 6.90. The van der Waals surface area contributed by atoms with E-state index in [4.69, 9.17) is 4.74 Å². The SMILES string of the molecule is CNC(Cc1nc(C)cs1)C1CSc2ccccc2O1. The molecule has 0 saturated carbocycles. The van der Waals surface area contributed by atoms with Crippen LogP contribution in [0.2, 0.25) is 0 Å². The molecular weight excluding hydrogens is 288 g/mol. The molecule has 1 N–H and O–H groups in total. The van der Waals surface area contributed by atoms with E-state index in [0.29, 0.717) is 6.04 Å². The van der Waals surface area contributed by atoms with Gasteiger partial charge in [-0.1, -0.05) is 12.1 Å². The second kappa shape index (κ2) is 6.16. The highest BCUT2D eigenvalue weighted by Gasteiger charge is 2.27. The number of rotatable bonds is 4. The van der Waals surface area contributed by atoms with E-state index in [1.165, 1.54) is 9.90 Å². The lowest BCUT2D eigenvalue weighted by Gasteiger charge is -2.31. The van der Waals surface area contributed by atoms with E-state index < -0.39 is 0 Å². The van der Waals surface area contributed by atoms with E-state index in [0.717, 1.165) is 23.6 Å². The highest BCUT2D eigenvalue weighted by molar-refractivity contribution is 7.99. The predicted octanol–water partition coefficient (Wildman–Crippen LogP) is 3.14. The number of hydrogen-bond donors (Lipinski definition) is 1. The number of benzene rings is 1. The van der Waals surface area contributed by atoms with E-state index in [9.17, 15) is 0 Å². The van der Waals surface area contributed by atoms with Crippen molar-refractivity contribution >= 4 is 23.1 Å². The fourth-order valence-corrected chi connectivity index (χ4v) is 4.25. The van der Waals surface area contributed by atoms with Crippen LogP contribution in [0.3, 0.4) is 0 Å². The first kappa shape index (κ1) is 13.9. The van der Waals surface area contributed by atoms with Crippen molar-refractivity contribution in [1.29, 1.82) is 0 Å². The van der Waals surface area contributed by atoms with Crippen LogP contribution in [-0.4, -0.2) is 29.9 Å². The summed E-state index contributed by atoms with van der Waals surface area (Å²) in [5.41, 5.74) is 1.10. The summed E-state index contributed by atoms with van der Waals surface area (Å²) >= 11 is 3.60. The van der Waals surface area contributed by atoms with Gasteiger partial charge in [0.2, 0.25) is 0 Å². The van der Waals surface area contributed by atoms with Gasteiger partial charge in [-0.3, -0.25) is 0 Å². The molecule has 1 aliphatic heterocycles. The number of likely N-dealkylation sites (N-methyl/N-ethyl adjacent to an activating group) is 1. The predicted molar refractivity (Wildman–Crippen MR) is 85.0 cm³/mol. The second-order valence-electron chi connectivity index (χ2n) is 4.90. The van der Waals surface area contributed by atoms with Crippen molar-refractivity contribution in [1.82, 2.24) is 10.3 Å². The number of aromatic nitrogens is 1. The normalized spacial score (nSPS) is 19.2. The maximum absolute atomic E-state index is 6.16. The largest absolute Gasteiger partial charge is 0.487 e. The van der Waals surface area contributed by atoms with Crippen LogP contribution < -0.4 is 10.1 Å². The average Bonchev–Trinajstić information content (AvgIpc) is 2.89. The number of para-hydroxylation sites is 1. The highest BCUT2D eigenvalue weighted by Crippen LogP contribution is 2.36. The number of thioether (sulfide) groups is 1. The summed E-state index contributed by atoms with van der Waals surface area (Å²) < 4.78 is 6.16. The Bertz CT molecular complexity index is 585. The zero-order valence-corrected chi connectivity index (χ0v) is 13.3. The Labute approximate surface area is 127 Å². The molecule has 1 aromatic heterocycles. The number of fused-ring (bicyclic) bond motifs is 1. The van der Waals surface area contributed by atoms with Crippen molar-refractivity contribution in [2.75, 3.05) is 12.8 Å². The summed E-state index contributed by atoms with van der Waals surface area (Å²) in [5.74, 6) is 1.98. The molecule has 0 bridgehead atoms. The summed E-state index contributed by atoms with van der Waals surface area (Å²) in [4.78, 5) is 5.79. The van der Waals surface area contributed by atoms with Crippen LogP contribution in [-0.2, 0) is 6.42 Å². The molecule has 0 saturated heterocycles. The summed E-state index contributed by atoms with van der Waals surface area (Å²) in [5, 5.41) is 6.67. The van der Waals surface area contributed by atoms with Gasteiger partial charge in [-0.2, -0.15) is 0 Å². The summed E-state index contributed by atoms with van der Waals surface area (Å²) in [6, 6.07) is 8.55. The first-order chi connectivity index (χ1) is 9.76. The molecule has 0 fully saturated rings. The monoisotopic (exact) mass is 306 g/mol. The quantitative estimate of drug-likeness (QED) is 0.941. The lowest BCUT2D eigenvalue weighted by atomic mass is 10.1. The van der Waals surface area contributed by atoms with E-state index in [1.807, 2.05) is 31.8 Å². The van der Waals surface area contributed by atoms with Gasteiger partial charge < -0.3 is 10.1 Å². The molecule has 2 heterocycles. The maximum atomic E-state index is 6.16. The van der Waals surface area contributed by atoms with Gasteiger partial charge in [-0.05, 0) is 26.1 Å². The Kier molecular flexibility index (Phi) is 4.29. The number of hydrogen-bond acceptors (Lipinski definition) is 5. The zero-order valence-electron chi connectivity index (χ0n) is 11.6. The van der Waals surface area contributed by atoms with Gasteiger partial charge in [-0.15, -0.1) is 23.1 Å². The van der Waals surface area contributed by atoms with Crippen molar-refractivity contribution in [3.05, 3.63) is 40.3 Å². The summed E-state index contributed by atoms with van der Waals surface area (Å²) in [6.45, 7) is 2.04. The van der Waals surface area contributed by atoms with Gasteiger partial charge in [0.25, 0.3) is 0 Å². The Morgan fingerprint density at radius 1 is 1.45 bits per heavy atom. The molecule has 0 amide bonds. The Balaban J connectivity index is 1.71. The van der Waals surface area contributed by atoms with Crippen molar-refractivity contribution in [3.8, 4) is 5.75 Å². The molecule has 2 atom stereocenters. The summed E-state index contributed by atoms with van der Waals surface area (Å²) in [6.07, 6.45) is 1.10. The summed E-state index contributed by atoms with van der Waals surface area (Å²) in [7, 11) is 2.00. The minimum absolute atomic E-state index is 0.184. The highest BCUT2D eigenvalue weighted by atomic mass is 32.2. The van der Waals surface area contributed by atoms with Crippen LogP contribution in [0.4, 0.5) is 0 Å². The topological polar surface area (TPSA) is 34.2 Å². The molecule has 20 heavy (non-hydrogen) atoms. The van der Waals surface area contributed by atoms with Crippen LogP contribution in [0.15, 0.2) is 34.5 Å². The van der Waals surface area contributed by atoms with Crippen molar-refractivity contribution < 1.29 is 4.74 Å². The Morgan fingerprint density at radius 3 is 3.05 bits per heavy atom. The minimum atomic E-state index is 0.184. The van der Waals surface area contributed by atoms with Gasteiger partial charge in [0.15, 0.2) is 0 Å². The molecular formula is C15H18N2OS2. The standard InChI is InChI=1S/C15H18N2OS2/c1-10-8-20-15(17-10)7-11(16-2)13-9-19-14-6-4-3-5-12(14)18-13/h3-6,8,11,13,16H,7,9H2,1-2H3. The molecule has 106 valence electrons. The van der Waals surface area contributed by atoms with Crippen molar-refractivity contribution in [3.63, 3.8) is 0 Å². The lowest BCUT2D eigenvalue weighted by molar-refractivity contribution is 0.169. The third kappa shape index (κ3) is 3.00. The first-order valence-electron chi connectivity index (χ1n) is 6.73. The van der Waals surface area contributed by atoms with E-state index in [-0.39, 0.29) is 6.10 Å².